The van der Waals surface area contributed by atoms with Crippen LogP contribution in [0.5, 0.6) is 0 Å². The Morgan fingerprint density at radius 1 is 0.820 bits per heavy atom. The number of hydrogen-bond acceptors (Lipinski definition) is 3. The molecule has 0 atom stereocenters. The van der Waals surface area contributed by atoms with Gasteiger partial charge in [0.15, 0.2) is 12.3 Å². The summed E-state index contributed by atoms with van der Waals surface area (Å²) in [6.45, 7) is 13.0. The molecule has 7 rings (SSSR count). The SMILES string of the molecule is CNCCC[N+]1=C(C=CC2=C(Cl)C(=CC=C3N(CCCN)c4ccc5ccccc5c4C3(C)C)CCC2)C(C)(C)c2c1ccc1ccccc21. The lowest BCUT2D eigenvalue weighted by molar-refractivity contribution is -0.437. The van der Waals surface area contributed by atoms with E-state index in [1.165, 1.54) is 66.6 Å². The number of fused-ring (bicyclic) bond motifs is 6. The topological polar surface area (TPSA) is 44.3 Å². The Morgan fingerprint density at radius 3 is 2.24 bits per heavy atom. The Labute approximate surface area is 303 Å². The van der Waals surface area contributed by atoms with Crippen LogP contribution in [-0.2, 0) is 10.8 Å². The molecule has 4 aromatic rings. The molecule has 1 aliphatic carbocycles. The van der Waals surface area contributed by atoms with Crippen LogP contribution in [0.1, 0.15) is 70.9 Å². The fraction of sp³-hybridized carbons (Fsp3) is 0.356. The summed E-state index contributed by atoms with van der Waals surface area (Å²) in [5, 5.41) is 9.49. The summed E-state index contributed by atoms with van der Waals surface area (Å²) in [7, 11) is 2.03. The molecule has 0 amide bonds. The Balaban J connectivity index is 1.26. The molecule has 2 aliphatic heterocycles. The van der Waals surface area contributed by atoms with E-state index >= 15 is 0 Å². The average Bonchev–Trinajstić information content (AvgIpc) is 3.48. The highest BCUT2D eigenvalue weighted by atomic mass is 35.5. The van der Waals surface area contributed by atoms with Gasteiger partial charge < -0.3 is 16.0 Å². The van der Waals surface area contributed by atoms with Gasteiger partial charge in [-0.15, -0.1) is 0 Å². The van der Waals surface area contributed by atoms with Crippen LogP contribution in [0, 0.1) is 0 Å². The van der Waals surface area contributed by atoms with Crippen molar-refractivity contribution >= 4 is 50.2 Å². The number of nitrogens with zero attached hydrogens (tertiary/aromatic N) is 2. The van der Waals surface area contributed by atoms with Crippen LogP contribution < -0.4 is 16.0 Å². The van der Waals surface area contributed by atoms with E-state index in [-0.39, 0.29) is 10.8 Å². The molecule has 0 saturated heterocycles. The summed E-state index contributed by atoms with van der Waals surface area (Å²) in [6, 6.07) is 26.7. The van der Waals surface area contributed by atoms with Gasteiger partial charge in [-0.2, -0.15) is 4.58 Å². The van der Waals surface area contributed by atoms with Gasteiger partial charge in [-0.25, -0.2) is 0 Å². The Hall–Kier alpha value is -3.96. The fourth-order valence-corrected chi connectivity index (χ4v) is 9.10. The van der Waals surface area contributed by atoms with Crippen LogP contribution in [0.25, 0.3) is 21.5 Å². The number of allylic oxidation sites excluding steroid dienone is 8. The summed E-state index contributed by atoms with van der Waals surface area (Å²) < 4.78 is 2.55. The second-order valence-electron chi connectivity index (χ2n) is 15.2. The van der Waals surface area contributed by atoms with E-state index in [0.717, 1.165) is 56.8 Å². The van der Waals surface area contributed by atoms with Gasteiger partial charge in [0.25, 0.3) is 0 Å². The number of nitrogens with one attached hydrogen (secondary N) is 1. The van der Waals surface area contributed by atoms with Crippen molar-refractivity contribution in [2.45, 2.75) is 70.6 Å². The first-order valence-corrected chi connectivity index (χ1v) is 18.9. The number of nitrogens with two attached hydrogens (primary N) is 1. The monoisotopic (exact) mass is 683 g/mol. The smallest absolute Gasteiger partial charge is 0.210 e. The molecule has 0 saturated carbocycles. The highest BCUT2D eigenvalue weighted by molar-refractivity contribution is 6.32. The van der Waals surface area contributed by atoms with E-state index in [1.807, 2.05) is 7.05 Å². The van der Waals surface area contributed by atoms with Gasteiger partial charge in [0.2, 0.25) is 5.69 Å². The molecule has 3 aliphatic rings. The molecule has 0 aromatic heterocycles. The molecule has 0 unspecified atom stereocenters. The molecular weight excluding hydrogens is 632 g/mol. The van der Waals surface area contributed by atoms with Crippen LogP contribution in [-0.4, -0.2) is 43.5 Å². The van der Waals surface area contributed by atoms with Crippen LogP contribution in [0.4, 0.5) is 11.4 Å². The van der Waals surface area contributed by atoms with Crippen molar-refractivity contribution in [1.29, 1.82) is 0 Å². The Morgan fingerprint density at radius 2 is 1.52 bits per heavy atom. The van der Waals surface area contributed by atoms with E-state index < -0.39 is 0 Å². The predicted molar refractivity (Wildman–Crippen MR) is 215 cm³/mol. The summed E-state index contributed by atoms with van der Waals surface area (Å²) >= 11 is 7.32. The quantitative estimate of drug-likeness (QED) is 0.129. The van der Waals surface area contributed by atoms with Gasteiger partial charge in [0.05, 0.1) is 5.41 Å². The van der Waals surface area contributed by atoms with Gasteiger partial charge in [0.1, 0.15) is 0 Å². The van der Waals surface area contributed by atoms with Gasteiger partial charge in [-0.1, -0.05) is 92.2 Å². The minimum Gasteiger partial charge on any atom is -0.344 e. The van der Waals surface area contributed by atoms with Crippen molar-refractivity contribution in [1.82, 2.24) is 5.32 Å². The zero-order valence-electron chi connectivity index (χ0n) is 30.5. The third-order valence-corrected chi connectivity index (χ3v) is 11.7. The normalized spacial score (nSPS) is 19.9. The molecule has 4 nitrogen and oxygen atoms in total. The highest BCUT2D eigenvalue weighted by Gasteiger charge is 2.45. The van der Waals surface area contributed by atoms with Gasteiger partial charge in [0, 0.05) is 59.0 Å². The molecule has 0 bridgehead atoms. The molecule has 0 fully saturated rings. The lowest BCUT2D eigenvalue weighted by Gasteiger charge is -2.27. The van der Waals surface area contributed by atoms with Crippen molar-refractivity contribution in [3.05, 3.63) is 130 Å². The fourth-order valence-electron chi connectivity index (χ4n) is 8.78. The maximum atomic E-state index is 7.32. The minimum absolute atomic E-state index is 0.142. The maximum absolute atomic E-state index is 7.32. The molecule has 50 heavy (non-hydrogen) atoms. The number of hydrogen-bond donors (Lipinski definition) is 2. The van der Waals surface area contributed by atoms with Crippen molar-refractivity contribution < 1.29 is 4.58 Å². The number of anilines is 1. The van der Waals surface area contributed by atoms with Gasteiger partial charge in [-0.3, -0.25) is 0 Å². The largest absolute Gasteiger partial charge is 0.344 e. The summed E-state index contributed by atoms with van der Waals surface area (Å²) in [5.74, 6) is 0. The molecule has 5 heteroatoms. The lowest BCUT2D eigenvalue weighted by atomic mass is 9.78. The first-order chi connectivity index (χ1) is 24.2. The molecule has 0 radical (unpaired) electrons. The molecule has 4 aromatic carbocycles. The van der Waals surface area contributed by atoms with Crippen molar-refractivity contribution in [3.63, 3.8) is 0 Å². The van der Waals surface area contributed by atoms with E-state index in [1.54, 1.807) is 0 Å². The lowest BCUT2D eigenvalue weighted by Crippen LogP contribution is -2.28. The summed E-state index contributed by atoms with van der Waals surface area (Å²) in [5.41, 5.74) is 16.3. The molecule has 2 heterocycles. The molecule has 0 spiro atoms. The van der Waals surface area contributed by atoms with Crippen LogP contribution in [0.2, 0.25) is 0 Å². The average molecular weight is 684 g/mol. The van der Waals surface area contributed by atoms with Gasteiger partial charge >= 0.3 is 0 Å². The maximum Gasteiger partial charge on any atom is 0.210 e. The van der Waals surface area contributed by atoms with E-state index in [9.17, 15) is 0 Å². The first-order valence-electron chi connectivity index (χ1n) is 18.5. The van der Waals surface area contributed by atoms with Gasteiger partial charge in [-0.05, 0) is 110 Å². The zero-order valence-corrected chi connectivity index (χ0v) is 31.2. The van der Waals surface area contributed by atoms with Crippen molar-refractivity contribution in [2.24, 2.45) is 5.73 Å². The van der Waals surface area contributed by atoms with Crippen molar-refractivity contribution in [2.75, 3.05) is 38.1 Å². The van der Waals surface area contributed by atoms with E-state index in [4.69, 9.17) is 17.3 Å². The van der Waals surface area contributed by atoms with Crippen LogP contribution in [0.3, 0.4) is 0 Å². The summed E-state index contributed by atoms with van der Waals surface area (Å²) in [6.07, 6.45) is 14.4. The predicted octanol–water partition coefficient (Wildman–Crippen LogP) is 10.2. The molecular formula is C45H52ClN4+. The Kier molecular flexibility index (Phi) is 9.64. The standard InChI is InChI=1S/C45H52ClN4/c1-44(2)39(49(29-11-27-47)37-23-19-31-13-6-8-17-35(31)41(37)44)25-21-33-15-10-16-34(43(33)46)22-26-40-45(3,4)42-36-18-9-7-14-32(36)20-24-38(42)50(40)30-12-28-48-5/h6-9,13-14,17-26,48H,10-12,15-16,27-30,47H2,1-5H3/q+1. The number of rotatable bonds is 10. The third-order valence-electron chi connectivity index (χ3n) is 11.2. The van der Waals surface area contributed by atoms with Crippen LogP contribution in [0.15, 0.2) is 119 Å². The second kappa shape index (κ2) is 14.0. The third kappa shape index (κ3) is 5.96. The van der Waals surface area contributed by atoms with E-state index in [0.29, 0.717) is 6.54 Å². The summed E-state index contributed by atoms with van der Waals surface area (Å²) in [4.78, 5) is 2.50. The molecule has 258 valence electrons. The van der Waals surface area contributed by atoms with Crippen molar-refractivity contribution in [3.8, 4) is 0 Å². The Bertz CT molecular complexity index is 2110. The van der Waals surface area contributed by atoms with E-state index in [2.05, 4.69) is 140 Å². The highest BCUT2D eigenvalue weighted by Crippen LogP contribution is 2.51. The number of benzene rings is 4. The first kappa shape index (κ1) is 34.5. The number of halogens is 1. The second-order valence-corrected chi connectivity index (χ2v) is 15.5. The minimum atomic E-state index is -0.157. The van der Waals surface area contributed by atoms with Crippen LogP contribution >= 0.6 is 11.6 Å². The molecule has 3 N–H and O–H groups in total. The zero-order chi connectivity index (χ0) is 35.0.